The van der Waals surface area contributed by atoms with Gasteiger partial charge in [0.15, 0.2) is 0 Å². The molecule has 76 valence electrons. The van der Waals surface area contributed by atoms with Crippen LogP contribution in [-0.4, -0.2) is 29.1 Å². The first-order chi connectivity index (χ1) is 6.95. The molecule has 0 spiro atoms. The zero-order chi connectivity index (χ0) is 9.64. The van der Waals surface area contributed by atoms with Gasteiger partial charge in [0.25, 0.3) is 0 Å². The van der Waals surface area contributed by atoms with Gasteiger partial charge in [-0.1, -0.05) is 6.07 Å². The van der Waals surface area contributed by atoms with E-state index in [1.807, 2.05) is 18.3 Å². The second kappa shape index (κ2) is 5.37. The molecule has 1 aromatic heterocycles. The topological polar surface area (TPSA) is 24.9 Å². The van der Waals surface area contributed by atoms with Crippen molar-refractivity contribution in [2.45, 2.75) is 18.9 Å². The molecule has 1 fully saturated rings. The maximum Gasteiger partial charge on any atom is 0.0416 e. The number of nitrogens with zero attached hydrogens (tertiary/aromatic N) is 1. The molecule has 0 saturated carbocycles. The molecule has 2 rings (SSSR count). The first-order valence-corrected chi connectivity index (χ1v) is 6.31. The molecule has 1 N–H and O–H groups in total. The normalized spacial score (nSPS) is 21.3. The maximum absolute atomic E-state index is 4.30. The van der Waals surface area contributed by atoms with Crippen LogP contribution in [0, 0.1) is 0 Å². The lowest BCUT2D eigenvalue weighted by Gasteiger charge is -2.10. The smallest absolute Gasteiger partial charge is 0.0416 e. The molecule has 1 atom stereocenters. The van der Waals surface area contributed by atoms with Crippen molar-refractivity contribution in [2.75, 3.05) is 18.1 Å². The SMILES string of the molecule is c1ccc(CCN[C@@H]2CCSC2)nc1. The van der Waals surface area contributed by atoms with Gasteiger partial charge in [-0.15, -0.1) is 0 Å². The molecule has 0 amide bonds. The highest BCUT2D eigenvalue weighted by atomic mass is 32.2. The second-order valence-corrected chi connectivity index (χ2v) is 4.74. The number of aromatic nitrogens is 1. The van der Waals surface area contributed by atoms with Gasteiger partial charge in [0, 0.05) is 36.7 Å². The van der Waals surface area contributed by atoms with Crippen LogP contribution in [0.2, 0.25) is 0 Å². The van der Waals surface area contributed by atoms with Gasteiger partial charge in [-0.25, -0.2) is 0 Å². The zero-order valence-electron chi connectivity index (χ0n) is 8.28. The number of pyridine rings is 1. The van der Waals surface area contributed by atoms with Gasteiger partial charge in [-0.05, 0) is 24.3 Å². The molecule has 0 aliphatic carbocycles. The van der Waals surface area contributed by atoms with Gasteiger partial charge in [-0.3, -0.25) is 4.98 Å². The van der Waals surface area contributed by atoms with Crippen LogP contribution in [0.25, 0.3) is 0 Å². The van der Waals surface area contributed by atoms with E-state index in [9.17, 15) is 0 Å². The predicted molar refractivity (Wildman–Crippen MR) is 61.7 cm³/mol. The Morgan fingerprint density at radius 1 is 1.50 bits per heavy atom. The van der Waals surface area contributed by atoms with E-state index in [0.717, 1.165) is 19.0 Å². The minimum Gasteiger partial charge on any atom is -0.313 e. The Kier molecular flexibility index (Phi) is 3.83. The van der Waals surface area contributed by atoms with E-state index >= 15 is 0 Å². The fraction of sp³-hybridized carbons (Fsp3) is 0.545. The third kappa shape index (κ3) is 3.00. The van der Waals surface area contributed by atoms with Crippen molar-refractivity contribution >= 4 is 11.8 Å². The van der Waals surface area contributed by atoms with Crippen LogP contribution in [0.4, 0.5) is 0 Å². The van der Waals surface area contributed by atoms with Gasteiger partial charge < -0.3 is 5.32 Å². The van der Waals surface area contributed by atoms with E-state index in [1.165, 1.54) is 23.6 Å². The van der Waals surface area contributed by atoms with Crippen molar-refractivity contribution in [2.24, 2.45) is 0 Å². The van der Waals surface area contributed by atoms with Crippen molar-refractivity contribution < 1.29 is 0 Å². The lowest BCUT2D eigenvalue weighted by molar-refractivity contribution is 0.558. The van der Waals surface area contributed by atoms with E-state index in [0.29, 0.717) is 0 Å². The van der Waals surface area contributed by atoms with E-state index in [2.05, 4.69) is 28.1 Å². The molecule has 0 radical (unpaired) electrons. The Balaban J connectivity index is 1.67. The van der Waals surface area contributed by atoms with E-state index in [4.69, 9.17) is 0 Å². The molecule has 2 nitrogen and oxygen atoms in total. The van der Waals surface area contributed by atoms with Crippen molar-refractivity contribution in [3.05, 3.63) is 30.1 Å². The summed E-state index contributed by atoms with van der Waals surface area (Å²) in [6.45, 7) is 1.06. The number of hydrogen-bond acceptors (Lipinski definition) is 3. The molecule has 2 heterocycles. The van der Waals surface area contributed by atoms with Crippen LogP contribution in [0.15, 0.2) is 24.4 Å². The molecule has 1 aromatic rings. The summed E-state index contributed by atoms with van der Waals surface area (Å²) in [6, 6.07) is 6.84. The average Bonchev–Trinajstić information content (AvgIpc) is 2.72. The molecule has 14 heavy (non-hydrogen) atoms. The van der Waals surface area contributed by atoms with E-state index < -0.39 is 0 Å². The Morgan fingerprint density at radius 3 is 3.21 bits per heavy atom. The minimum absolute atomic E-state index is 0.740. The van der Waals surface area contributed by atoms with Crippen LogP contribution in [0.3, 0.4) is 0 Å². The Bertz CT molecular complexity index is 257. The predicted octanol–water partition coefficient (Wildman–Crippen LogP) is 1.72. The maximum atomic E-state index is 4.30. The van der Waals surface area contributed by atoms with Crippen molar-refractivity contribution in [3.63, 3.8) is 0 Å². The zero-order valence-corrected chi connectivity index (χ0v) is 9.09. The molecule has 1 aliphatic heterocycles. The molecule has 0 unspecified atom stereocenters. The van der Waals surface area contributed by atoms with Crippen molar-refractivity contribution in [3.8, 4) is 0 Å². The summed E-state index contributed by atoms with van der Waals surface area (Å²) in [5, 5.41) is 3.57. The fourth-order valence-electron chi connectivity index (χ4n) is 1.65. The summed E-state index contributed by atoms with van der Waals surface area (Å²) in [6.07, 6.45) is 4.23. The van der Waals surface area contributed by atoms with Crippen LogP contribution in [0.1, 0.15) is 12.1 Å². The van der Waals surface area contributed by atoms with E-state index in [-0.39, 0.29) is 0 Å². The summed E-state index contributed by atoms with van der Waals surface area (Å²) in [5.74, 6) is 2.60. The van der Waals surface area contributed by atoms with Gasteiger partial charge in [-0.2, -0.15) is 11.8 Å². The summed E-state index contributed by atoms with van der Waals surface area (Å²) in [5.41, 5.74) is 1.19. The highest BCUT2D eigenvalue weighted by molar-refractivity contribution is 7.99. The molecule has 1 saturated heterocycles. The Morgan fingerprint density at radius 2 is 2.50 bits per heavy atom. The fourth-order valence-corrected chi connectivity index (χ4v) is 2.83. The quantitative estimate of drug-likeness (QED) is 0.815. The van der Waals surface area contributed by atoms with Gasteiger partial charge in [0.1, 0.15) is 0 Å². The molecular weight excluding hydrogens is 192 g/mol. The lowest BCUT2D eigenvalue weighted by Crippen LogP contribution is -2.30. The van der Waals surface area contributed by atoms with Crippen LogP contribution >= 0.6 is 11.8 Å². The largest absolute Gasteiger partial charge is 0.313 e. The van der Waals surface area contributed by atoms with Crippen molar-refractivity contribution in [1.29, 1.82) is 0 Å². The number of hydrogen-bond donors (Lipinski definition) is 1. The number of thioether (sulfide) groups is 1. The molecular formula is C11H16N2S. The number of nitrogens with one attached hydrogen (secondary N) is 1. The third-order valence-corrected chi connectivity index (χ3v) is 3.63. The minimum atomic E-state index is 0.740. The summed E-state index contributed by atoms with van der Waals surface area (Å²) >= 11 is 2.05. The summed E-state index contributed by atoms with van der Waals surface area (Å²) in [4.78, 5) is 4.30. The highest BCUT2D eigenvalue weighted by Crippen LogP contribution is 2.16. The van der Waals surface area contributed by atoms with Gasteiger partial charge >= 0.3 is 0 Å². The van der Waals surface area contributed by atoms with Crippen molar-refractivity contribution in [1.82, 2.24) is 10.3 Å². The van der Waals surface area contributed by atoms with Crippen LogP contribution in [-0.2, 0) is 6.42 Å². The molecule has 0 aromatic carbocycles. The standard InChI is InChI=1S/C11H16N2S/c1-2-6-12-10(3-1)4-7-13-11-5-8-14-9-11/h1-3,6,11,13H,4-5,7-9H2/t11-/m1/s1. The average molecular weight is 208 g/mol. The first kappa shape index (κ1) is 9.99. The summed E-state index contributed by atoms with van der Waals surface area (Å²) < 4.78 is 0. The van der Waals surface area contributed by atoms with Crippen LogP contribution < -0.4 is 5.32 Å². The summed E-state index contributed by atoms with van der Waals surface area (Å²) in [7, 11) is 0. The third-order valence-electron chi connectivity index (χ3n) is 2.47. The van der Waals surface area contributed by atoms with Gasteiger partial charge in [0.2, 0.25) is 0 Å². The van der Waals surface area contributed by atoms with Crippen LogP contribution in [0.5, 0.6) is 0 Å². The van der Waals surface area contributed by atoms with E-state index in [1.54, 1.807) is 0 Å². The molecule has 3 heteroatoms. The van der Waals surface area contributed by atoms with Gasteiger partial charge in [0.05, 0.1) is 0 Å². The monoisotopic (exact) mass is 208 g/mol. The Hall–Kier alpha value is -0.540. The highest BCUT2D eigenvalue weighted by Gasteiger charge is 2.13. The lowest BCUT2D eigenvalue weighted by atomic mass is 10.2. The number of rotatable bonds is 4. The molecule has 0 bridgehead atoms. The first-order valence-electron chi connectivity index (χ1n) is 5.16. The Labute approximate surface area is 89.5 Å². The second-order valence-electron chi connectivity index (χ2n) is 3.59. The molecule has 1 aliphatic rings.